The van der Waals surface area contributed by atoms with Crippen LogP contribution in [0.2, 0.25) is 0 Å². The third-order valence-electron chi connectivity index (χ3n) is 5.78. The molecule has 1 aliphatic heterocycles. The van der Waals surface area contributed by atoms with Crippen LogP contribution in [0.3, 0.4) is 0 Å². The first-order chi connectivity index (χ1) is 14.1. The van der Waals surface area contributed by atoms with E-state index in [1.54, 1.807) is 10.8 Å². The normalized spacial score (nSPS) is 16.7. The highest BCUT2D eigenvalue weighted by atomic mass is 16.2. The number of hydrogen-bond donors (Lipinski definition) is 0. The van der Waals surface area contributed by atoms with Crippen molar-refractivity contribution in [2.75, 3.05) is 31.6 Å². The third-order valence-corrected chi connectivity index (χ3v) is 5.78. The van der Waals surface area contributed by atoms with Gasteiger partial charge in [0.15, 0.2) is 5.65 Å². The van der Waals surface area contributed by atoms with Gasteiger partial charge in [0.25, 0.3) is 0 Å². The summed E-state index contributed by atoms with van der Waals surface area (Å²) < 4.78 is 1.80. The molecule has 29 heavy (non-hydrogen) atoms. The Labute approximate surface area is 171 Å². The lowest BCUT2D eigenvalue weighted by molar-refractivity contribution is -0.131. The zero-order valence-corrected chi connectivity index (χ0v) is 17.2. The van der Waals surface area contributed by atoms with Gasteiger partial charge in [0.2, 0.25) is 5.91 Å². The van der Waals surface area contributed by atoms with E-state index >= 15 is 0 Å². The Balaban J connectivity index is 1.24. The number of pyridine rings is 2. The Morgan fingerprint density at radius 3 is 2.97 bits per heavy atom. The summed E-state index contributed by atoms with van der Waals surface area (Å²) in [5, 5.41) is 4.18. The fourth-order valence-corrected chi connectivity index (χ4v) is 4.00. The summed E-state index contributed by atoms with van der Waals surface area (Å²) in [5.74, 6) is 1.40. The molecule has 0 bridgehead atoms. The van der Waals surface area contributed by atoms with Gasteiger partial charge in [0.1, 0.15) is 12.1 Å². The van der Waals surface area contributed by atoms with Crippen molar-refractivity contribution >= 4 is 17.4 Å². The predicted octanol–water partition coefficient (Wildman–Crippen LogP) is 2.74. The first kappa shape index (κ1) is 19.4. The third kappa shape index (κ3) is 4.39. The molecule has 0 spiro atoms. The van der Waals surface area contributed by atoms with Crippen LogP contribution in [0.4, 0.5) is 5.82 Å². The van der Waals surface area contributed by atoms with E-state index in [4.69, 9.17) is 0 Å². The molecule has 152 valence electrons. The Morgan fingerprint density at radius 1 is 1.24 bits per heavy atom. The van der Waals surface area contributed by atoms with Crippen molar-refractivity contribution in [3.63, 3.8) is 0 Å². The molecular formula is C22H28N6O. The van der Waals surface area contributed by atoms with E-state index in [0.717, 1.165) is 62.3 Å². The van der Waals surface area contributed by atoms with Gasteiger partial charge in [-0.3, -0.25) is 4.79 Å². The number of likely N-dealkylation sites (N-methyl/N-ethyl adjacent to an activating group) is 1. The quantitative estimate of drug-likeness (QED) is 0.590. The van der Waals surface area contributed by atoms with Crippen LogP contribution in [0.1, 0.15) is 30.4 Å². The van der Waals surface area contributed by atoms with Gasteiger partial charge in [-0.05, 0) is 55.9 Å². The Bertz CT molecular complexity index is 967. The summed E-state index contributed by atoms with van der Waals surface area (Å²) in [6, 6.07) is 8.19. The fraction of sp³-hybridized carbons (Fsp3) is 0.455. The van der Waals surface area contributed by atoms with Crippen LogP contribution in [-0.4, -0.2) is 57.1 Å². The van der Waals surface area contributed by atoms with Crippen molar-refractivity contribution in [2.24, 2.45) is 5.92 Å². The molecule has 4 heterocycles. The molecule has 1 atom stereocenters. The first-order valence-corrected chi connectivity index (χ1v) is 10.3. The highest BCUT2D eigenvalue weighted by Crippen LogP contribution is 2.24. The topological polar surface area (TPSA) is 66.6 Å². The Kier molecular flexibility index (Phi) is 5.74. The van der Waals surface area contributed by atoms with Gasteiger partial charge in [-0.1, -0.05) is 12.1 Å². The Hall–Kier alpha value is -2.96. The van der Waals surface area contributed by atoms with E-state index in [0.29, 0.717) is 5.91 Å². The number of nitrogens with zero attached hydrogens (tertiary/aromatic N) is 6. The zero-order chi connectivity index (χ0) is 20.2. The van der Waals surface area contributed by atoms with E-state index in [1.165, 1.54) is 5.56 Å². The maximum atomic E-state index is 12.8. The molecule has 1 fully saturated rings. The summed E-state index contributed by atoms with van der Waals surface area (Å²) in [6.45, 7) is 4.44. The minimum Gasteiger partial charge on any atom is -0.358 e. The summed E-state index contributed by atoms with van der Waals surface area (Å²) in [7, 11) is 2.03. The number of aryl methyl sites for hydroxylation is 2. The standard InChI is InChI=1S/C22H28N6O/c1-17-8-9-20(23-15-17)26(2)13-14-27-12-10-19(22(27)29)6-3-5-18-7-4-11-28-21(18)24-16-25-28/h4,7-9,11,15-16,19H,3,5-6,10,12-14H2,1-2H3. The molecule has 0 aromatic carbocycles. The van der Waals surface area contributed by atoms with Gasteiger partial charge in [0.05, 0.1) is 0 Å². The van der Waals surface area contributed by atoms with Crippen molar-refractivity contribution < 1.29 is 4.79 Å². The average Bonchev–Trinajstić information content (AvgIpc) is 3.34. The van der Waals surface area contributed by atoms with Crippen LogP contribution >= 0.6 is 0 Å². The lowest BCUT2D eigenvalue weighted by Crippen LogP contribution is -2.35. The number of aromatic nitrogens is 4. The second kappa shape index (κ2) is 8.59. The molecule has 4 rings (SSSR count). The minimum absolute atomic E-state index is 0.149. The number of fused-ring (bicyclic) bond motifs is 1. The molecule has 7 nitrogen and oxygen atoms in total. The molecule has 1 amide bonds. The summed E-state index contributed by atoms with van der Waals surface area (Å²) >= 11 is 0. The number of amides is 1. The van der Waals surface area contributed by atoms with Gasteiger partial charge in [-0.15, -0.1) is 0 Å². The highest BCUT2D eigenvalue weighted by molar-refractivity contribution is 5.80. The van der Waals surface area contributed by atoms with Crippen molar-refractivity contribution in [1.29, 1.82) is 0 Å². The van der Waals surface area contributed by atoms with Crippen molar-refractivity contribution in [3.05, 3.63) is 54.1 Å². The number of likely N-dealkylation sites (tertiary alicyclic amines) is 1. The molecule has 7 heteroatoms. The summed E-state index contributed by atoms with van der Waals surface area (Å²) in [6.07, 6.45) is 9.18. The lowest BCUT2D eigenvalue weighted by atomic mass is 9.98. The highest BCUT2D eigenvalue weighted by Gasteiger charge is 2.30. The first-order valence-electron chi connectivity index (χ1n) is 10.3. The molecule has 3 aromatic rings. The summed E-state index contributed by atoms with van der Waals surface area (Å²) in [4.78, 5) is 25.7. The molecule has 1 saturated heterocycles. The smallest absolute Gasteiger partial charge is 0.225 e. The van der Waals surface area contributed by atoms with Crippen LogP contribution in [0, 0.1) is 12.8 Å². The van der Waals surface area contributed by atoms with Gasteiger partial charge in [-0.2, -0.15) is 5.10 Å². The maximum absolute atomic E-state index is 12.8. The van der Waals surface area contributed by atoms with Crippen LogP contribution in [0.15, 0.2) is 43.0 Å². The van der Waals surface area contributed by atoms with Crippen molar-refractivity contribution in [1.82, 2.24) is 24.5 Å². The van der Waals surface area contributed by atoms with E-state index in [2.05, 4.69) is 32.1 Å². The molecule has 0 saturated carbocycles. The average molecular weight is 393 g/mol. The number of carbonyl (C=O) groups excluding carboxylic acids is 1. The van der Waals surface area contributed by atoms with Gasteiger partial charge >= 0.3 is 0 Å². The molecular weight excluding hydrogens is 364 g/mol. The van der Waals surface area contributed by atoms with E-state index in [1.807, 2.05) is 43.4 Å². The van der Waals surface area contributed by atoms with E-state index in [9.17, 15) is 4.79 Å². The fourth-order valence-electron chi connectivity index (χ4n) is 4.00. The van der Waals surface area contributed by atoms with Gasteiger partial charge < -0.3 is 9.80 Å². The monoisotopic (exact) mass is 392 g/mol. The van der Waals surface area contributed by atoms with Gasteiger partial charge in [-0.25, -0.2) is 14.5 Å². The van der Waals surface area contributed by atoms with E-state index < -0.39 is 0 Å². The maximum Gasteiger partial charge on any atom is 0.225 e. The molecule has 1 unspecified atom stereocenters. The number of anilines is 1. The largest absolute Gasteiger partial charge is 0.358 e. The van der Waals surface area contributed by atoms with Crippen LogP contribution in [0.5, 0.6) is 0 Å². The minimum atomic E-state index is 0.149. The van der Waals surface area contributed by atoms with Crippen molar-refractivity contribution in [2.45, 2.75) is 32.6 Å². The number of rotatable bonds is 8. The van der Waals surface area contributed by atoms with Crippen LogP contribution in [-0.2, 0) is 11.2 Å². The molecule has 0 aliphatic carbocycles. The number of hydrogen-bond acceptors (Lipinski definition) is 5. The molecule has 3 aromatic heterocycles. The predicted molar refractivity (Wildman–Crippen MR) is 113 cm³/mol. The van der Waals surface area contributed by atoms with Crippen molar-refractivity contribution in [3.8, 4) is 0 Å². The van der Waals surface area contributed by atoms with Crippen LogP contribution < -0.4 is 4.90 Å². The molecule has 0 N–H and O–H groups in total. The summed E-state index contributed by atoms with van der Waals surface area (Å²) in [5.41, 5.74) is 3.26. The zero-order valence-electron chi connectivity index (χ0n) is 17.2. The van der Waals surface area contributed by atoms with E-state index in [-0.39, 0.29) is 5.92 Å². The van der Waals surface area contributed by atoms with Gasteiger partial charge in [0, 0.05) is 45.0 Å². The second-order valence-electron chi connectivity index (χ2n) is 7.88. The second-order valence-corrected chi connectivity index (χ2v) is 7.88. The lowest BCUT2D eigenvalue weighted by Gasteiger charge is -2.23. The molecule has 1 aliphatic rings. The molecule has 0 radical (unpaired) electrons. The van der Waals surface area contributed by atoms with Crippen LogP contribution in [0.25, 0.3) is 5.65 Å². The SMILES string of the molecule is Cc1ccc(N(C)CCN2CCC(CCCc3cccn4ncnc34)C2=O)nc1. The Morgan fingerprint density at radius 2 is 2.14 bits per heavy atom. The number of carbonyl (C=O) groups is 1.